The van der Waals surface area contributed by atoms with Gasteiger partial charge in [-0.25, -0.2) is 0 Å². The van der Waals surface area contributed by atoms with Gasteiger partial charge in [-0.1, -0.05) is 36.7 Å². The lowest BCUT2D eigenvalue weighted by Crippen LogP contribution is -2.49. The largest absolute Gasteiger partial charge is 0.344 e. The highest BCUT2D eigenvalue weighted by atomic mass is 79.9. The van der Waals surface area contributed by atoms with E-state index in [1.807, 2.05) is 20.0 Å². The number of hydrogen-bond acceptors (Lipinski definition) is 2. The number of amides is 1. The first-order chi connectivity index (χ1) is 8.51. The van der Waals surface area contributed by atoms with Gasteiger partial charge in [0, 0.05) is 17.9 Å². The van der Waals surface area contributed by atoms with Crippen LogP contribution >= 0.6 is 15.9 Å². The summed E-state index contributed by atoms with van der Waals surface area (Å²) in [6.45, 7) is 6.21. The van der Waals surface area contributed by atoms with Gasteiger partial charge in [0.1, 0.15) is 5.69 Å². The molecule has 1 N–H and O–H groups in total. The summed E-state index contributed by atoms with van der Waals surface area (Å²) < 4.78 is 1.65. The zero-order chi connectivity index (χ0) is 13.8. The number of alkyl halides is 1. The molecule has 0 saturated heterocycles. The summed E-state index contributed by atoms with van der Waals surface area (Å²) >= 11 is 3.49. The third-order valence-corrected chi connectivity index (χ3v) is 4.59. The molecule has 18 heavy (non-hydrogen) atoms. The summed E-state index contributed by atoms with van der Waals surface area (Å²) in [5.74, 6) is -0.0483. The normalized spacial score (nSPS) is 11.6. The summed E-state index contributed by atoms with van der Waals surface area (Å²) in [6, 6.07) is 1.86. The molecule has 0 unspecified atom stereocenters. The van der Waals surface area contributed by atoms with Gasteiger partial charge >= 0.3 is 0 Å². The molecule has 0 aliphatic rings. The second kappa shape index (κ2) is 6.36. The monoisotopic (exact) mass is 315 g/mol. The zero-order valence-corrected chi connectivity index (χ0v) is 13.2. The average Bonchev–Trinajstić information content (AvgIpc) is 2.77. The van der Waals surface area contributed by atoms with Crippen LogP contribution < -0.4 is 5.32 Å². The standard InChI is InChI=1S/C13H22BrN3O/c1-5-10-8-11(17(4)16-10)12(18)15-13(6-2,7-3)9-14/h8H,5-7,9H2,1-4H3,(H,15,18). The molecule has 0 fully saturated rings. The number of aryl methyl sites for hydroxylation is 2. The van der Waals surface area contributed by atoms with Crippen molar-refractivity contribution in [2.24, 2.45) is 7.05 Å². The Bertz CT molecular complexity index is 402. The number of hydrogen-bond donors (Lipinski definition) is 1. The van der Waals surface area contributed by atoms with Crippen molar-refractivity contribution in [2.45, 2.75) is 45.6 Å². The lowest BCUT2D eigenvalue weighted by molar-refractivity contribution is 0.0894. The molecule has 0 bridgehead atoms. The molecule has 1 rings (SSSR count). The van der Waals surface area contributed by atoms with E-state index in [1.165, 1.54) is 0 Å². The maximum atomic E-state index is 12.3. The number of carbonyl (C=O) groups excluding carboxylic acids is 1. The van der Waals surface area contributed by atoms with E-state index in [9.17, 15) is 4.79 Å². The number of rotatable bonds is 6. The molecular weight excluding hydrogens is 294 g/mol. The molecule has 0 spiro atoms. The second-order valence-corrected chi connectivity index (χ2v) is 5.13. The van der Waals surface area contributed by atoms with Gasteiger partial charge < -0.3 is 5.32 Å². The van der Waals surface area contributed by atoms with Crippen LogP contribution in [-0.4, -0.2) is 26.6 Å². The topological polar surface area (TPSA) is 46.9 Å². The van der Waals surface area contributed by atoms with E-state index in [2.05, 4.69) is 40.2 Å². The predicted octanol–water partition coefficient (Wildman–Crippen LogP) is 2.67. The van der Waals surface area contributed by atoms with E-state index in [0.29, 0.717) is 5.69 Å². The Morgan fingerprint density at radius 2 is 2.06 bits per heavy atom. The van der Waals surface area contributed by atoms with Crippen LogP contribution in [0.4, 0.5) is 0 Å². The van der Waals surface area contributed by atoms with Crippen molar-refractivity contribution in [2.75, 3.05) is 5.33 Å². The second-order valence-electron chi connectivity index (χ2n) is 4.57. The fourth-order valence-electron chi connectivity index (χ4n) is 1.87. The molecule has 1 aromatic heterocycles. The van der Waals surface area contributed by atoms with Gasteiger partial charge in [-0.2, -0.15) is 5.10 Å². The fraction of sp³-hybridized carbons (Fsp3) is 0.692. The van der Waals surface area contributed by atoms with Crippen molar-refractivity contribution >= 4 is 21.8 Å². The highest BCUT2D eigenvalue weighted by Gasteiger charge is 2.28. The van der Waals surface area contributed by atoms with Crippen molar-refractivity contribution < 1.29 is 4.79 Å². The van der Waals surface area contributed by atoms with Crippen molar-refractivity contribution in [1.29, 1.82) is 0 Å². The summed E-state index contributed by atoms with van der Waals surface area (Å²) in [5.41, 5.74) is 1.40. The lowest BCUT2D eigenvalue weighted by Gasteiger charge is -2.30. The van der Waals surface area contributed by atoms with Gasteiger partial charge in [-0.15, -0.1) is 0 Å². The summed E-state index contributed by atoms with van der Waals surface area (Å²) in [4.78, 5) is 12.3. The Hall–Kier alpha value is -0.840. The third kappa shape index (κ3) is 3.13. The van der Waals surface area contributed by atoms with Crippen molar-refractivity contribution in [3.63, 3.8) is 0 Å². The van der Waals surface area contributed by atoms with Crippen LogP contribution in [0.3, 0.4) is 0 Å². The van der Waals surface area contributed by atoms with E-state index in [1.54, 1.807) is 4.68 Å². The minimum atomic E-state index is -0.173. The predicted molar refractivity (Wildman–Crippen MR) is 77.2 cm³/mol. The average molecular weight is 316 g/mol. The minimum absolute atomic E-state index is 0.0483. The van der Waals surface area contributed by atoms with E-state index in [-0.39, 0.29) is 11.4 Å². The number of nitrogens with one attached hydrogen (secondary N) is 1. The molecular formula is C13H22BrN3O. The maximum Gasteiger partial charge on any atom is 0.270 e. The van der Waals surface area contributed by atoms with E-state index < -0.39 is 0 Å². The van der Waals surface area contributed by atoms with Crippen LogP contribution in [0.5, 0.6) is 0 Å². The molecule has 0 radical (unpaired) electrons. The van der Waals surface area contributed by atoms with Crippen LogP contribution in [0.25, 0.3) is 0 Å². The Labute approximate surface area is 117 Å². The van der Waals surface area contributed by atoms with Crippen LogP contribution in [0.1, 0.15) is 49.8 Å². The summed E-state index contributed by atoms with van der Waals surface area (Å²) in [7, 11) is 1.81. The van der Waals surface area contributed by atoms with Gasteiger partial charge in [-0.3, -0.25) is 9.48 Å². The molecule has 0 aliphatic carbocycles. The molecule has 102 valence electrons. The highest BCUT2D eigenvalue weighted by molar-refractivity contribution is 9.09. The van der Waals surface area contributed by atoms with Crippen LogP contribution in [0, 0.1) is 0 Å². The highest BCUT2D eigenvalue weighted by Crippen LogP contribution is 2.19. The number of carbonyl (C=O) groups is 1. The smallest absolute Gasteiger partial charge is 0.270 e. The number of nitrogens with zero attached hydrogens (tertiary/aromatic N) is 2. The number of halogens is 1. The van der Waals surface area contributed by atoms with Gasteiger partial charge in [0.05, 0.1) is 5.69 Å². The van der Waals surface area contributed by atoms with Gasteiger partial charge in [-0.05, 0) is 25.3 Å². The third-order valence-electron chi connectivity index (χ3n) is 3.51. The van der Waals surface area contributed by atoms with Crippen LogP contribution in [-0.2, 0) is 13.5 Å². The lowest BCUT2D eigenvalue weighted by atomic mass is 9.95. The molecule has 0 aliphatic heterocycles. The van der Waals surface area contributed by atoms with Gasteiger partial charge in [0.25, 0.3) is 5.91 Å². The molecule has 4 nitrogen and oxygen atoms in total. The van der Waals surface area contributed by atoms with Crippen molar-refractivity contribution in [3.05, 3.63) is 17.5 Å². The Balaban J connectivity index is 2.90. The minimum Gasteiger partial charge on any atom is -0.344 e. The quantitative estimate of drug-likeness (QED) is 0.820. The first-order valence-electron chi connectivity index (χ1n) is 6.43. The Kier molecular flexibility index (Phi) is 5.38. The van der Waals surface area contributed by atoms with Crippen LogP contribution in [0.15, 0.2) is 6.07 Å². The first-order valence-corrected chi connectivity index (χ1v) is 7.55. The zero-order valence-electron chi connectivity index (χ0n) is 11.6. The SMILES string of the molecule is CCc1cc(C(=O)NC(CC)(CC)CBr)n(C)n1. The summed E-state index contributed by atoms with van der Waals surface area (Å²) in [6.07, 6.45) is 2.64. The molecule has 0 atom stereocenters. The van der Waals surface area contributed by atoms with E-state index in [4.69, 9.17) is 0 Å². The molecule has 0 saturated carbocycles. The first kappa shape index (κ1) is 15.2. The van der Waals surface area contributed by atoms with E-state index in [0.717, 1.165) is 30.3 Å². The fourth-order valence-corrected chi connectivity index (χ4v) is 2.80. The van der Waals surface area contributed by atoms with Gasteiger partial charge in [0.2, 0.25) is 0 Å². The van der Waals surface area contributed by atoms with Crippen LogP contribution in [0.2, 0.25) is 0 Å². The van der Waals surface area contributed by atoms with Crippen molar-refractivity contribution in [1.82, 2.24) is 15.1 Å². The summed E-state index contributed by atoms with van der Waals surface area (Å²) in [5, 5.41) is 8.19. The molecule has 1 aromatic rings. The maximum absolute atomic E-state index is 12.3. The van der Waals surface area contributed by atoms with Gasteiger partial charge in [0.15, 0.2) is 0 Å². The van der Waals surface area contributed by atoms with Crippen molar-refractivity contribution in [3.8, 4) is 0 Å². The Morgan fingerprint density at radius 1 is 1.44 bits per heavy atom. The molecule has 5 heteroatoms. The molecule has 1 amide bonds. The molecule has 0 aromatic carbocycles. The Morgan fingerprint density at radius 3 is 2.44 bits per heavy atom. The number of aromatic nitrogens is 2. The molecule has 1 heterocycles. The van der Waals surface area contributed by atoms with E-state index >= 15 is 0 Å².